The average Bonchev–Trinajstić information content (AvgIpc) is 2.03. The van der Waals surface area contributed by atoms with E-state index in [0.717, 1.165) is 38.8 Å². The van der Waals surface area contributed by atoms with Gasteiger partial charge in [0.2, 0.25) is 0 Å². The van der Waals surface area contributed by atoms with E-state index in [1.165, 1.54) is 0 Å². The van der Waals surface area contributed by atoms with Crippen LogP contribution in [0.25, 0.3) is 0 Å². The Balaban J connectivity index is 2.25. The molecular formula is C8H18N2O. The van der Waals surface area contributed by atoms with E-state index in [1.807, 2.05) is 0 Å². The maximum absolute atomic E-state index is 9.78. The zero-order valence-corrected chi connectivity index (χ0v) is 7.19. The lowest BCUT2D eigenvalue weighted by molar-refractivity contribution is -0.0494. The highest BCUT2D eigenvalue weighted by Gasteiger charge is 2.26. The van der Waals surface area contributed by atoms with Gasteiger partial charge in [0, 0.05) is 19.5 Å². The van der Waals surface area contributed by atoms with Gasteiger partial charge in [-0.05, 0) is 12.8 Å². The van der Waals surface area contributed by atoms with Gasteiger partial charge in [-0.3, -0.25) is 10.6 Å². The molecule has 0 unspecified atom stereocenters. The number of unbranched alkanes of at least 4 members (excludes halogenated alkanes) is 1. The Labute approximate surface area is 68.2 Å². The van der Waals surface area contributed by atoms with Crippen LogP contribution in [0.15, 0.2) is 0 Å². The van der Waals surface area contributed by atoms with E-state index < -0.39 is 5.85 Å². The van der Waals surface area contributed by atoms with Gasteiger partial charge in [-0.1, -0.05) is 13.3 Å². The second kappa shape index (κ2) is 4.04. The Bertz CT molecular complexity index is 111. The van der Waals surface area contributed by atoms with Crippen LogP contribution in [0.5, 0.6) is 0 Å². The minimum Gasteiger partial charge on any atom is -0.363 e. The predicted molar refractivity (Wildman–Crippen MR) is 45.1 cm³/mol. The van der Waals surface area contributed by atoms with Gasteiger partial charge >= 0.3 is 0 Å². The standard InChI is InChI=1S/C8H18N2O/c1-2-3-5-8(11)9-6-4-7-10-8/h9-11H,2-7H2,1H3. The van der Waals surface area contributed by atoms with Crippen LogP contribution in [0.4, 0.5) is 0 Å². The van der Waals surface area contributed by atoms with E-state index in [-0.39, 0.29) is 0 Å². The summed E-state index contributed by atoms with van der Waals surface area (Å²) in [5.41, 5.74) is 0. The van der Waals surface area contributed by atoms with Crippen LogP contribution in [0.2, 0.25) is 0 Å². The van der Waals surface area contributed by atoms with Crippen molar-refractivity contribution < 1.29 is 5.11 Å². The first kappa shape index (κ1) is 8.97. The molecule has 0 saturated carbocycles. The predicted octanol–water partition coefficient (Wildman–Crippen LogP) is 0.406. The second-order valence-electron chi connectivity index (χ2n) is 3.17. The van der Waals surface area contributed by atoms with E-state index >= 15 is 0 Å². The molecule has 11 heavy (non-hydrogen) atoms. The molecule has 0 atom stereocenters. The molecule has 66 valence electrons. The van der Waals surface area contributed by atoms with Crippen molar-refractivity contribution in [1.82, 2.24) is 10.6 Å². The molecule has 0 aromatic carbocycles. The van der Waals surface area contributed by atoms with Crippen molar-refractivity contribution in [2.24, 2.45) is 0 Å². The largest absolute Gasteiger partial charge is 0.363 e. The highest BCUT2D eigenvalue weighted by Crippen LogP contribution is 2.09. The molecule has 0 aromatic heterocycles. The van der Waals surface area contributed by atoms with Gasteiger partial charge in [0.15, 0.2) is 5.85 Å². The van der Waals surface area contributed by atoms with Crippen molar-refractivity contribution in [3.63, 3.8) is 0 Å². The van der Waals surface area contributed by atoms with Gasteiger partial charge in [0.05, 0.1) is 0 Å². The summed E-state index contributed by atoms with van der Waals surface area (Å²) >= 11 is 0. The summed E-state index contributed by atoms with van der Waals surface area (Å²) in [6, 6.07) is 0. The summed E-state index contributed by atoms with van der Waals surface area (Å²) in [6.07, 6.45) is 4.11. The lowest BCUT2D eigenvalue weighted by Gasteiger charge is -2.34. The number of hydrogen-bond donors (Lipinski definition) is 3. The summed E-state index contributed by atoms with van der Waals surface area (Å²) in [6.45, 7) is 3.98. The summed E-state index contributed by atoms with van der Waals surface area (Å²) < 4.78 is 0. The van der Waals surface area contributed by atoms with Crippen molar-refractivity contribution in [2.75, 3.05) is 13.1 Å². The first-order chi connectivity index (χ1) is 5.27. The molecule has 0 aromatic rings. The van der Waals surface area contributed by atoms with E-state index in [0.29, 0.717) is 0 Å². The minimum atomic E-state index is -0.770. The first-order valence-corrected chi connectivity index (χ1v) is 4.49. The Hall–Kier alpha value is -0.120. The summed E-state index contributed by atoms with van der Waals surface area (Å²) in [5, 5.41) is 15.9. The fraction of sp³-hybridized carbons (Fsp3) is 1.00. The molecule has 3 heteroatoms. The Morgan fingerprint density at radius 2 is 2.00 bits per heavy atom. The van der Waals surface area contributed by atoms with Crippen LogP contribution < -0.4 is 10.6 Å². The molecule has 1 rings (SSSR count). The normalized spacial score (nSPS) is 23.5. The molecule has 0 bridgehead atoms. The minimum absolute atomic E-state index is 0.770. The van der Waals surface area contributed by atoms with E-state index in [9.17, 15) is 5.11 Å². The molecule has 1 aliphatic heterocycles. The van der Waals surface area contributed by atoms with Crippen molar-refractivity contribution in [1.29, 1.82) is 0 Å². The quantitative estimate of drug-likeness (QED) is 0.557. The van der Waals surface area contributed by atoms with Crippen LogP contribution in [-0.4, -0.2) is 24.0 Å². The van der Waals surface area contributed by atoms with E-state index in [2.05, 4.69) is 17.6 Å². The van der Waals surface area contributed by atoms with Crippen LogP contribution in [0.1, 0.15) is 32.6 Å². The van der Waals surface area contributed by atoms with Gasteiger partial charge in [-0.2, -0.15) is 0 Å². The monoisotopic (exact) mass is 158 g/mol. The van der Waals surface area contributed by atoms with Crippen molar-refractivity contribution in [3.05, 3.63) is 0 Å². The van der Waals surface area contributed by atoms with Crippen LogP contribution in [0.3, 0.4) is 0 Å². The molecule has 0 amide bonds. The topological polar surface area (TPSA) is 44.3 Å². The van der Waals surface area contributed by atoms with Gasteiger partial charge < -0.3 is 5.11 Å². The molecule has 0 aliphatic carbocycles. The maximum atomic E-state index is 9.78. The number of rotatable bonds is 3. The van der Waals surface area contributed by atoms with E-state index in [4.69, 9.17) is 0 Å². The van der Waals surface area contributed by atoms with Crippen LogP contribution >= 0.6 is 0 Å². The Kier molecular flexibility index (Phi) is 3.30. The molecular weight excluding hydrogens is 140 g/mol. The molecule has 3 nitrogen and oxygen atoms in total. The lowest BCUT2D eigenvalue weighted by atomic mass is 10.1. The average molecular weight is 158 g/mol. The first-order valence-electron chi connectivity index (χ1n) is 4.49. The van der Waals surface area contributed by atoms with E-state index in [1.54, 1.807) is 0 Å². The van der Waals surface area contributed by atoms with Crippen molar-refractivity contribution >= 4 is 0 Å². The highest BCUT2D eigenvalue weighted by atomic mass is 16.3. The molecule has 0 spiro atoms. The highest BCUT2D eigenvalue weighted by molar-refractivity contribution is 4.77. The SMILES string of the molecule is CCCCC1(O)NCCCN1. The van der Waals surface area contributed by atoms with Gasteiger partial charge in [0.25, 0.3) is 0 Å². The summed E-state index contributed by atoms with van der Waals surface area (Å²) in [4.78, 5) is 0. The summed E-state index contributed by atoms with van der Waals surface area (Å²) in [5.74, 6) is -0.770. The number of aliphatic hydroxyl groups is 1. The van der Waals surface area contributed by atoms with Gasteiger partial charge in [-0.15, -0.1) is 0 Å². The third kappa shape index (κ3) is 2.77. The molecule has 1 saturated heterocycles. The summed E-state index contributed by atoms with van der Waals surface area (Å²) in [7, 11) is 0. The van der Waals surface area contributed by atoms with Gasteiger partial charge in [0.1, 0.15) is 0 Å². The molecule has 3 N–H and O–H groups in total. The maximum Gasteiger partial charge on any atom is 0.171 e. The lowest BCUT2D eigenvalue weighted by Crippen LogP contribution is -2.60. The zero-order chi connectivity index (χ0) is 8.16. The zero-order valence-electron chi connectivity index (χ0n) is 7.19. The van der Waals surface area contributed by atoms with Crippen molar-refractivity contribution in [2.45, 2.75) is 38.5 Å². The number of nitrogens with one attached hydrogen (secondary N) is 2. The van der Waals surface area contributed by atoms with Gasteiger partial charge in [-0.25, -0.2) is 0 Å². The Morgan fingerprint density at radius 3 is 2.55 bits per heavy atom. The Morgan fingerprint density at radius 1 is 1.36 bits per heavy atom. The molecule has 0 radical (unpaired) electrons. The number of hydrogen-bond acceptors (Lipinski definition) is 3. The fourth-order valence-electron chi connectivity index (χ4n) is 1.35. The fourth-order valence-corrected chi connectivity index (χ4v) is 1.35. The van der Waals surface area contributed by atoms with Crippen molar-refractivity contribution in [3.8, 4) is 0 Å². The third-order valence-electron chi connectivity index (χ3n) is 2.08. The molecule has 1 aliphatic rings. The molecule has 1 heterocycles. The van der Waals surface area contributed by atoms with Crippen LogP contribution in [0, 0.1) is 0 Å². The van der Waals surface area contributed by atoms with Crippen LogP contribution in [-0.2, 0) is 0 Å². The molecule has 1 fully saturated rings. The third-order valence-corrected chi connectivity index (χ3v) is 2.08. The second-order valence-corrected chi connectivity index (χ2v) is 3.17. The smallest absolute Gasteiger partial charge is 0.171 e.